The standard InChI is InChI=1S/C31H33N5O7/c1-20(37)35(27(17-28(38)39)23-14-25(42-3)16-26(15-23)43-4)36-29(40)31(2,24-12-10-21(11-13-24)18-33-32)34(30(36)41)19-22-8-6-5-7-9-22/h5-16,18,27H,17,19,32H2,1-4H3,(H,38,39)/t27-,31-/m1/s1. The topological polar surface area (TPSA) is 155 Å². The van der Waals surface area contributed by atoms with E-state index >= 15 is 0 Å². The molecule has 0 radical (unpaired) electrons. The minimum atomic E-state index is -1.57. The van der Waals surface area contributed by atoms with Crippen LogP contribution >= 0.6 is 0 Å². The van der Waals surface area contributed by atoms with Crippen molar-refractivity contribution in [2.45, 2.75) is 38.4 Å². The zero-order valence-corrected chi connectivity index (χ0v) is 24.3. The maximum absolute atomic E-state index is 14.5. The fourth-order valence-electron chi connectivity index (χ4n) is 5.19. The van der Waals surface area contributed by atoms with Gasteiger partial charge in [-0.05, 0) is 41.3 Å². The SMILES string of the molecule is COc1cc(OC)cc([C@@H](CC(=O)O)N(C(C)=O)N2C(=O)N(Cc3ccccc3)[C@](C)(c3ccc(C=NN)cc3)C2=O)c1. The number of nitrogens with zero attached hydrogens (tertiary/aromatic N) is 4. The van der Waals surface area contributed by atoms with Crippen LogP contribution < -0.4 is 15.3 Å². The molecule has 4 rings (SSSR count). The predicted molar refractivity (Wildman–Crippen MR) is 157 cm³/mol. The van der Waals surface area contributed by atoms with Gasteiger partial charge in [-0.3, -0.25) is 19.3 Å². The van der Waals surface area contributed by atoms with Gasteiger partial charge in [0, 0.05) is 19.5 Å². The van der Waals surface area contributed by atoms with Gasteiger partial charge in [0.15, 0.2) is 0 Å². The van der Waals surface area contributed by atoms with Crippen LogP contribution in [-0.2, 0) is 26.5 Å². The maximum Gasteiger partial charge on any atom is 0.347 e. The minimum absolute atomic E-state index is 0.0345. The molecular formula is C31H33N5O7. The van der Waals surface area contributed by atoms with E-state index in [0.29, 0.717) is 28.2 Å². The second-order valence-corrected chi connectivity index (χ2v) is 10.1. The molecule has 0 saturated carbocycles. The summed E-state index contributed by atoms with van der Waals surface area (Å²) in [5.41, 5.74) is 0.621. The summed E-state index contributed by atoms with van der Waals surface area (Å²) in [5.74, 6) is 3.26. The smallest absolute Gasteiger partial charge is 0.347 e. The van der Waals surface area contributed by atoms with Crippen molar-refractivity contribution in [1.29, 1.82) is 0 Å². The molecule has 43 heavy (non-hydrogen) atoms. The van der Waals surface area contributed by atoms with Crippen molar-refractivity contribution in [3.05, 3.63) is 95.1 Å². The number of hydrogen-bond donors (Lipinski definition) is 2. The molecule has 0 unspecified atom stereocenters. The molecule has 4 amide bonds. The van der Waals surface area contributed by atoms with Crippen molar-refractivity contribution in [2.24, 2.45) is 10.9 Å². The Bertz CT molecular complexity index is 1520. The number of carboxylic acids is 1. The number of nitrogens with two attached hydrogens (primary N) is 1. The minimum Gasteiger partial charge on any atom is -0.497 e. The van der Waals surface area contributed by atoms with Gasteiger partial charge in [-0.25, -0.2) is 9.80 Å². The van der Waals surface area contributed by atoms with Crippen LogP contribution in [0.15, 0.2) is 77.9 Å². The number of carbonyl (C=O) groups excluding carboxylic acids is 3. The van der Waals surface area contributed by atoms with Crippen LogP contribution in [0, 0.1) is 0 Å². The fourth-order valence-corrected chi connectivity index (χ4v) is 5.19. The number of urea groups is 1. The number of imide groups is 1. The highest BCUT2D eigenvalue weighted by atomic mass is 16.5. The summed E-state index contributed by atoms with van der Waals surface area (Å²) in [6.45, 7) is 2.80. The first-order chi connectivity index (χ1) is 20.5. The molecule has 0 aliphatic carbocycles. The van der Waals surface area contributed by atoms with E-state index in [1.54, 1.807) is 37.3 Å². The molecule has 224 valence electrons. The summed E-state index contributed by atoms with van der Waals surface area (Å²) >= 11 is 0. The van der Waals surface area contributed by atoms with E-state index in [9.17, 15) is 24.3 Å². The number of hydrazine groups is 1. The lowest BCUT2D eigenvalue weighted by Crippen LogP contribution is -2.52. The molecule has 1 heterocycles. The first-order valence-corrected chi connectivity index (χ1v) is 13.3. The second-order valence-electron chi connectivity index (χ2n) is 10.1. The Balaban J connectivity index is 1.89. The van der Waals surface area contributed by atoms with E-state index in [2.05, 4.69) is 5.10 Å². The first kappa shape index (κ1) is 30.6. The molecule has 3 aromatic carbocycles. The summed E-state index contributed by atoms with van der Waals surface area (Å²) in [7, 11) is 2.86. The fraction of sp³-hybridized carbons (Fsp3) is 0.258. The highest BCUT2D eigenvalue weighted by Crippen LogP contribution is 2.42. The largest absolute Gasteiger partial charge is 0.497 e. The van der Waals surface area contributed by atoms with Crippen LogP contribution in [0.25, 0.3) is 0 Å². The summed E-state index contributed by atoms with van der Waals surface area (Å²) in [6, 6.07) is 18.5. The van der Waals surface area contributed by atoms with Crippen molar-refractivity contribution in [1.82, 2.24) is 14.9 Å². The molecule has 12 nitrogen and oxygen atoms in total. The summed E-state index contributed by atoms with van der Waals surface area (Å²) in [5, 5.41) is 15.1. The van der Waals surface area contributed by atoms with Crippen LogP contribution in [0.4, 0.5) is 4.79 Å². The third-order valence-electron chi connectivity index (χ3n) is 7.40. The second kappa shape index (κ2) is 12.6. The van der Waals surface area contributed by atoms with E-state index in [-0.39, 0.29) is 6.54 Å². The molecule has 3 aromatic rings. The Hall–Kier alpha value is -5.39. The van der Waals surface area contributed by atoms with Gasteiger partial charge in [-0.2, -0.15) is 10.1 Å². The van der Waals surface area contributed by atoms with Gasteiger partial charge < -0.3 is 20.4 Å². The summed E-state index contributed by atoms with van der Waals surface area (Å²) in [6.07, 6.45) is 0.827. The zero-order valence-electron chi connectivity index (χ0n) is 24.3. The zero-order chi connectivity index (χ0) is 31.3. The summed E-state index contributed by atoms with van der Waals surface area (Å²) in [4.78, 5) is 55.6. The molecule has 1 saturated heterocycles. The lowest BCUT2D eigenvalue weighted by molar-refractivity contribution is -0.162. The average Bonchev–Trinajstić information content (AvgIpc) is 3.18. The van der Waals surface area contributed by atoms with Gasteiger partial charge in [0.05, 0.1) is 32.9 Å². The number of amides is 4. The van der Waals surface area contributed by atoms with Crippen LogP contribution in [0.2, 0.25) is 0 Å². The van der Waals surface area contributed by atoms with E-state index in [4.69, 9.17) is 15.3 Å². The third-order valence-corrected chi connectivity index (χ3v) is 7.40. The molecule has 12 heteroatoms. The Kier molecular flexibility index (Phi) is 8.98. The van der Waals surface area contributed by atoms with Gasteiger partial charge in [0.2, 0.25) is 5.91 Å². The van der Waals surface area contributed by atoms with Crippen molar-refractivity contribution in [3.8, 4) is 11.5 Å². The van der Waals surface area contributed by atoms with Crippen molar-refractivity contribution in [3.63, 3.8) is 0 Å². The normalized spacial score (nSPS) is 17.3. The van der Waals surface area contributed by atoms with Crippen molar-refractivity contribution >= 4 is 30.0 Å². The number of carboxylic acid groups (broad SMARTS) is 1. The molecule has 1 aliphatic rings. The highest BCUT2D eigenvalue weighted by Gasteiger charge is 2.58. The van der Waals surface area contributed by atoms with Gasteiger partial charge in [0.25, 0.3) is 5.91 Å². The monoisotopic (exact) mass is 587 g/mol. The number of hydrogen-bond acceptors (Lipinski definition) is 8. The summed E-state index contributed by atoms with van der Waals surface area (Å²) < 4.78 is 10.7. The molecule has 2 atom stereocenters. The number of benzene rings is 3. The molecular weight excluding hydrogens is 554 g/mol. The Morgan fingerprint density at radius 2 is 1.63 bits per heavy atom. The van der Waals surface area contributed by atoms with Crippen LogP contribution in [0.1, 0.15) is 48.6 Å². The third kappa shape index (κ3) is 5.98. The first-order valence-electron chi connectivity index (χ1n) is 13.3. The number of rotatable bonds is 11. The van der Waals surface area contributed by atoms with Gasteiger partial charge in [0.1, 0.15) is 17.0 Å². The van der Waals surface area contributed by atoms with E-state index in [1.807, 2.05) is 30.3 Å². The van der Waals surface area contributed by atoms with Crippen LogP contribution in [0.3, 0.4) is 0 Å². The van der Waals surface area contributed by atoms with Crippen LogP contribution in [-0.4, -0.2) is 64.3 Å². The average molecular weight is 588 g/mol. The van der Waals surface area contributed by atoms with Gasteiger partial charge in [-0.15, -0.1) is 0 Å². The number of carbonyl (C=O) groups is 4. The number of ether oxygens (including phenoxy) is 2. The number of hydrazone groups is 1. The van der Waals surface area contributed by atoms with Crippen LogP contribution in [0.5, 0.6) is 11.5 Å². The molecule has 1 aliphatic heterocycles. The lowest BCUT2D eigenvalue weighted by Gasteiger charge is -2.35. The number of aliphatic carboxylic acids is 1. The lowest BCUT2D eigenvalue weighted by atomic mass is 9.89. The predicted octanol–water partition coefficient (Wildman–Crippen LogP) is 3.66. The molecule has 1 fully saturated rings. The van der Waals surface area contributed by atoms with E-state index in [1.165, 1.54) is 44.4 Å². The Labute approximate surface area is 248 Å². The number of methoxy groups -OCH3 is 2. The molecule has 0 spiro atoms. The maximum atomic E-state index is 14.5. The van der Waals surface area contributed by atoms with E-state index < -0.39 is 41.8 Å². The van der Waals surface area contributed by atoms with Gasteiger partial charge in [-0.1, -0.05) is 54.6 Å². The van der Waals surface area contributed by atoms with Gasteiger partial charge >= 0.3 is 12.0 Å². The van der Waals surface area contributed by atoms with Crippen molar-refractivity contribution in [2.75, 3.05) is 14.2 Å². The quantitative estimate of drug-likeness (QED) is 0.149. The molecule has 3 N–H and O–H groups in total. The molecule has 0 bridgehead atoms. The van der Waals surface area contributed by atoms with E-state index in [0.717, 1.165) is 15.6 Å². The Morgan fingerprint density at radius 3 is 2.14 bits per heavy atom. The molecule has 0 aromatic heterocycles. The highest BCUT2D eigenvalue weighted by molar-refractivity contribution is 6.08. The Morgan fingerprint density at radius 1 is 1.02 bits per heavy atom. The van der Waals surface area contributed by atoms with Crippen molar-refractivity contribution < 1.29 is 33.8 Å².